The molecule has 32 heavy (non-hydrogen) atoms. The number of para-hydroxylation sites is 2. The van der Waals surface area contributed by atoms with Crippen LogP contribution >= 0.6 is 22.9 Å². The molecule has 2 heterocycles. The highest BCUT2D eigenvalue weighted by atomic mass is 35.5. The number of carbonyl (C=O) groups is 2. The van der Waals surface area contributed by atoms with E-state index in [1.807, 2.05) is 0 Å². The van der Waals surface area contributed by atoms with Crippen LogP contribution in [0.4, 0.5) is 23.2 Å². The number of benzene rings is 2. The molecule has 2 aromatic carbocycles. The highest BCUT2D eigenvalue weighted by Gasteiger charge is 2.38. The van der Waals surface area contributed by atoms with E-state index in [2.05, 4.69) is 10.3 Å². The third-order valence-electron chi connectivity index (χ3n) is 4.36. The summed E-state index contributed by atoms with van der Waals surface area (Å²) in [6.07, 6.45) is -5.10. The number of anilines is 1. The van der Waals surface area contributed by atoms with E-state index in [1.54, 1.807) is 24.3 Å². The Morgan fingerprint density at radius 1 is 1.16 bits per heavy atom. The Kier molecular flexibility index (Phi) is 5.39. The molecule has 0 fully saturated rings. The van der Waals surface area contributed by atoms with Gasteiger partial charge >= 0.3 is 18.1 Å². The maximum Gasteiger partial charge on any atom is 0.420 e. The average Bonchev–Trinajstić information content (AvgIpc) is 3.31. The first-order valence-electron chi connectivity index (χ1n) is 8.65. The normalized spacial score (nSPS) is 11.7. The van der Waals surface area contributed by atoms with E-state index in [-0.39, 0.29) is 16.5 Å². The Labute approximate surface area is 185 Å². The van der Waals surface area contributed by atoms with E-state index in [1.165, 1.54) is 5.38 Å². The third-order valence-corrected chi connectivity index (χ3v) is 5.69. The predicted octanol–water partition coefficient (Wildman–Crippen LogP) is 6.32. The van der Waals surface area contributed by atoms with Crippen LogP contribution in [0.3, 0.4) is 0 Å². The van der Waals surface area contributed by atoms with Crippen molar-refractivity contribution in [3.63, 3.8) is 0 Å². The lowest BCUT2D eigenvalue weighted by atomic mass is 10.0. The summed E-state index contributed by atoms with van der Waals surface area (Å²) in [6.45, 7) is 0. The first-order chi connectivity index (χ1) is 15.1. The summed E-state index contributed by atoms with van der Waals surface area (Å²) in [5.74, 6) is -4.55. The van der Waals surface area contributed by atoms with Crippen LogP contribution in [0, 0.1) is 5.82 Å². The van der Waals surface area contributed by atoms with Crippen molar-refractivity contribution in [1.29, 1.82) is 0 Å². The first-order valence-corrected chi connectivity index (χ1v) is 9.91. The number of carboxylic acid groups (broad SMARTS) is 1. The number of alkyl halides is 3. The van der Waals surface area contributed by atoms with Gasteiger partial charge in [0.25, 0.3) is 5.89 Å². The number of aromatic carboxylic acids is 1. The number of thiophene rings is 1. The number of nitrogens with one attached hydrogen (secondary N) is 1. The van der Waals surface area contributed by atoms with Crippen molar-refractivity contribution in [2.45, 2.75) is 6.18 Å². The number of carboxylic acids is 1. The van der Waals surface area contributed by atoms with Gasteiger partial charge in [0.05, 0.1) is 15.6 Å². The Hall–Kier alpha value is -3.44. The fourth-order valence-electron chi connectivity index (χ4n) is 2.99. The smallest absolute Gasteiger partial charge is 0.420 e. The summed E-state index contributed by atoms with van der Waals surface area (Å²) in [5, 5.41) is 12.2. The molecule has 2 aromatic heterocycles. The van der Waals surface area contributed by atoms with Gasteiger partial charge in [-0.25, -0.2) is 14.2 Å². The Morgan fingerprint density at radius 3 is 2.53 bits per heavy atom. The number of hydrogen-bond donors (Lipinski definition) is 2. The molecule has 0 saturated heterocycles. The minimum Gasteiger partial charge on any atom is -0.478 e. The molecule has 2 N–H and O–H groups in total. The van der Waals surface area contributed by atoms with Gasteiger partial charge < -0.3 is 14.8 Å². The molecule has 0 aliphatic heterocycles. The van der Waals surface area contributed by atoms with Crippen molar-refractivity contribution >= 4 is 51.6 Å². The van der Waals surface area contributed by atoms with Crippen molar-refractivity contribution in [1.82, 2.24) is 4.98 Å². The topological polar surface area (TPSA) is 92.4 Å². The number of halogens is 5. The van der Waals surface area contributed by atoms with Gasteiger partial charge in [-0.1, -0.05) is 23.7 Å². The van der Waals surface area contributed by atoms with Crippen LogP contribution in [0.5, 0.6) is 0 Å². The fraction of sp³-hybridized carbons (Fsp3) is 0.0500. The molecule has 4 aromatic rings. The molecule has 1 amide bonds. The highest BCUT2D eigenvalue weighted by Crippen LogP contribution is 2.43. The van der Waals surface area contributed by atoms with E-state index < -0.39 is 45.6 Å². The van der Waals surface area contributed by atoms with E-state index in [0.29, 0.717) is 22.4 Å². The van der Waals surface area contributed by atoms with Gasteiger partial charge in [-0.05, 0) is 24.3 Å². The van der Waals surface area contributed by atoms with E-state index in [9.17, 15) is 32.3 Å². The van der Waals surface area contributed by atoms with Crippen LogP contribution in [0.25, 0.3) is 21.5 Å². The monoisotopic (exact) mass is 484 g/mol. The summed E-state index contributed by atoms with van der Waals surface area (Å²) in [5.41, 5.74) is -2.46. The number of amides is 1. The molecule has 0 spiro atoms. The summed E-state index contributed by atoms with van der Waals surface area (Å²) in [6, 6.07) is 8.28. The molecular weight excluding hydrogens is 476 g/mol. The van der Waals surface area contributed by atoms with Crippen molar-refractivity contribution in [2.24, 2.45) is 0 Å². The van der Waals surface area contributed by atoms with Gasteiger partial charge in [0.1, 0.15) is 22.5 Å². The number of nitrogens with zero attached hydrogens (tertiary/aromatic N) is 1. The maximum atomic E-state index is 14.7. The molecule has 164 valence electrons. The number of rotatable bonds is 4. The largest absolute Gasteiger partial charge is 0.478 e. The minimum atomic E-state index is -5.10. The van der Waals surface area contributed by atoms with Crippen LogP contribution in [0.1, 0.15) is 26.6 Å². The van der Waals surface area contributed by atoms with Crippen molar-refractivity contribution in [3.8, 4) is 10.4 Å². The summed E-state index contributed by atoms with van der Waals surface area (Å²) >= 11 is 6.15. The third kappa shape index (κ3) is 3.80. The van der Waals surface area contributed by atoms with Crippen molar-refractivity contribution in [3.05, 3.63) is 69.6 Å². The van der Waals surface area contributed by atoms with Crippen LogP contribution in [0.2, 0.25) is 5.02 Å². The van der Waals surface area contributed by atoms with Crippen LogP contribution in [0.15, 0.2) is 46.2 Å². The SMILES string of the molecule is O=C(Nc1csc(-c2ccc(Cl)c(C(F)(F)F)c2F)c1C(=O)O)c1nc2ccccc2o1. The molecule has 4 rings (SSSR count). The van der Waals surface area contributed by atoms with Gasteiger partial charge in [-0.2, -0.15) is 13.2 Å². The molecule has 6 nitrogen and oxygen atoms in total. The van der Waals surface area contributed by atoms with Gasteiger partial charge in [-0.3, -0.25) is 4.79 Å². The molecule has 0 radical (unpaired) electrons. The fourth-order valence-corrected chi connectivity index (χ4v) is 4.26. The molecule has 12 heteroatoms. The minimum absolute atomic E-state index is 0.257. The first kappa shape index (κ1) is 21.8. The Bertz CT molecular complexity index is 1350. The second kappa shape index (κ2) is 7.92. The lowest BCUT2D eigenvalue weighted by Crippen LogP contribution is -2.14. The Balaban J connectivity index is 1.76. The van der Waals surface area contributed by atoms with Crippen LogP contribution in [-0.4, -0.2) is 22.0 Å². The Morgan fingerprint density at radius 2 is 1.88 bits per heavy atom. The molecule has 0 bridgehead atoms. The van der Waals surface area contributed by atoms with Gasteiger partial charge in [0.2, 0.25) is 0 Å². The second-order valence-electron chi connectivity index (χ2n) is 6.38. The van der Waals surface area contributed by atoms with E-state index in [4.69, 9.17) is 16.0 Å². The van der Waals surface area contributed by atoms with Gasteiger partial charge in [-0.15, -0.1) is 11.3 Å². The molecule has 0 saturated carbocycles. The predicted molar refractivity (Wildman–Crippen MR) is 109 cm³/mol. The number of oxazole rings is 1. The summed E-state index contributed by atoms with van der Waals surface area (Å²) in [7, 11) is 0. The summed E-state index contributed by atoms with van der Waals surface area (Å²) < 4.78 is 59.6. The zero-order valence-corrected chi connectivity index (χ0v) is 17.0. The lowest BCUT2D eigenvalue weighted by molar-refractivity contribution is -0.139. The number of carbonyl (C=O) groups excluding carboxylic acids is 1. The van der Waals surface area contributed by atoms with E-state index in [0.717, 1.165) is 12.1 Å². The summed E-state index contributed by atoms with van der Waals surface area (Å²) in [4.78, 5) is 28.0. The van der Waals surface area contributed by atoms with E-state index >= 15 is 0 Å². The molecule has 0 unspecified atom stereocenters. The molecule has 0 atom stereocenters. The van der Waals surface area contributed by atoms with Crippen LogP contribution in [-0.2, 0) is 6.18 Å². The molecule has 0 aliphatic carbocycles. The van der Waals surface area contributed by atoms with Gasteiger partial charge in [0.15, 0.2) is 5.58 Å². The van der Waals surface area contributed by atoms with Gasteiger partial charge in [0, 0.05) is 10.9 Å². The molecule has 0 aliphatic rings. The maximum absolute atomic E-state index is 14.7. The zero-order valence-electron chi connectivity index (χ0n) is 15.5. The van der Waals surface area contributed by atoms with Crippen molar-refractivity contribution in [2.75, 3.05) is 5.32 Å². The average molecular weight is 485 g/mol. The lowest BCUT2D eigenvalue weighted by Gasteiger charge is -2.13. The zero-order chi connectivity index (χ0) is 23.2. The quantitative estimate of drug-likeness (QED) is 0.331. The number of fused-ring (bicyclic) bond motifs is 1. The molecular formula is C20H9ClF4N2O4S. The van der Waals surface area contributed by atoms with Crippen LogP contribution < -0.4 is 5.32 Å². The number of aromatic nitrogens is 1. The standard InChI is InChI=1S/C20H9ClF4N2O4S/c21-9-6-5-8(15(22)14(9)20(23,24)25)16-13(19(29)30)11(7-32-16)26-17(28)18-27-10-3-1-2-4-12(10)31-18/h1-7H,(H,26,28)(H,29,30). The highest BCUT2D eigenvalue weighted by molar-refractivity contribution is 7.14. The van der Waals surface area contributed by atoms with Crippen molar-refractivity contribution < 1.29 is 36.7 Å². The number of hydrogen-bond acceptors (Lipinski definition) is 5. The second-order valence-corrected chi connectivity index (χ2v) is 7.67.